The summed E-state index contributed by atoms with van der Waals surface area (Å²) in [6.07, 6.45) is 1.15. The van der Waals surface area contributed by atoms with Gasteiger partial charge in [-0.25, -0.2) is 4.79 Å². The number of rotatable bonds is 6. The first-order valence-electron chi connectivity index (χ1n) is 9.67. The first-order valence-corrected chi connectivity index (χ1v) is 9.67. The Hall–Kier alpha value is -2.86. The zero-order chi connectivity index (χ0) is 20.1. The van der Waals surface area contributed by atoms with Gasteiger partial charge in [-0.2, -0.15) is 0 Å². The van der Waals surface area contributed by atoms with E-state index in [-0.39, 0.29) is 6.03 Å². The minimum atomic E-state index is -0.513. The highest BCUT2D eigenvalue weighted by atomic mass is 16.2. The summed E-state index contributed by atoms with van der Waals surface area (Å²) in [4.78, 5) is 25.9. The third-order valence-corrected chi connectivity index (χ3v) is 5.38. The second-order valence-corrected chi connectivity index (χ2v) is 7.42. The fourth-order valence-corrected chi connectivity index (χ4v) is 3.74. The highest BCUT2D eigenvalue weighted by molar-refractivity contribution is 5.96. The molecule has 0 aromatic heterocycles. The summed E-state index contributed by atoms with van der Waals surface area (Å²) in [6, 6.07) is 13.3. The molecule has 6 heteroatoms. The van der Waals surface area contributed by atoms with E-state index in [0.29, 0.717) is 23.7 Å². The lowest BCUT2D eigenvalue weighted by Gasteiger charge is -2.18. The Labute approximate surface area is 166 Å². The van der Waals surface area contributed by atoms with Gasteiger partial charge in [0.15, 0.2) is 0 Å². The van der Waals surface area contributed by atoms with Crippen molar-refractivity contribution < 1.29 is 9.59 Å². The molecule has 2 aromatic rings. The van der Waals surface area contributed by atoms with Gasteiger partial charge in [-0.3, -0.25) is 4.79 Å². The summed E-state index contributed by atoms with van der Waals surface area (Å²) in [5, 5.41) is 5.69. The Bertz CT molecular complexity index is 865. The predicted octanol–water partition coefficient (Wildman–Crippen LogP) is 3.01. The molecule has 1 heterocycles. The van der Waals surface area contributed by atoms with Crippen molar-refractivity contribution in [3.8, 4) is 0 Å². The van der Waals surface area contributed by atoms with Crippen LogP contribution >= 0.6 is 0 Å². The van der Waals surface area contributed by atoms with Crippen molar-refractivity contribution in [2.24, 2.45) is 5.73 Å². The van der Waals surface area contributed by atoms with Crippen LogP contribution < -0.4 is 16.4 Å². The lowest BCUT2D eigenvalue weighted by Crippen LogP contribution is -2.36. The van der Waals surface area contributed by atoms with Crippen LogP contribution in [0.2, 0.25) is 0 Å². The van der Waals surface area contributed by atoms with Gasteiger partial charge in [0.2, 0.25) is 5.91 Å². The highest BCUT2D eigenvalue weighted by Crippen LogP contribution is 2.28. The van der Waals surface area contributed by atoms with Crippen molar-refractivity contribution in [1.29, 1.82) is 0 Å². The number of nitrogens with zero attached hydrogens (tertiary/aromatic N) is 1. The van der Waals surface area contributed by atoms with Crippen LogP contribution in [0.15, 0.2) is 42.5 Å². The lowest BCUT2D eigenvalue weighted by molar-refractivity contribution is 0.1000. The number of carbonyl (C=O) groups excluding carboxylic acids is 2. The SMILES string of the molecule is Cc1ccc(C(N)=O)cc1NC(=O)NCCN1CCC(c2ccccc2C)C1. The molecule has 0 spiro atoms. The van der Waals surface area contributed by atoms with Crippen LogP contribution in [0.3, 0.4) is 0 Å². The number of urea groups is 1. The molecule has 0 aliphatic carbocycles. The largest absolute Gasteiger partial charge is 0.366 e. The van der Waals surface area contributed by atoms with Crippen molar-refractivity contribution in [2.45, 2.75) is 26.2 Å². The molecule has 3 amide bonds. The van der Waals surface area contributed by atoms with E-state index in [1.807, 2.05) is 6.92 Å². The van der Waals surface area contributed by atoms with Crippen molar-refractivity contribution >= 4 is 17.6 Å². The first kappa shape index (κ1) is 19.9. The van der Waals surface area contributed by atoms with Gasteiger partial charge in [0.05, 0.1) is 0 Å². The number of primary amides is 1. The number of hydrogen-bond acceptors (Lipinski definition) is 3. The molecule has 28 heavy (non-hydrogen) atoms. The molecule has 2 aromatic carbocycles. The fourth-order valence-electron chi connectivity index (χ4n) is 3.74. The monoisotopic (exact) mass is 380 g/mol. The van der Waals surface area contributed by atoms with E-state index in [0.717, 1.165) is 31.6 Å². The van der Waals surface area contributed by atoms with Crippen molar-refractivity contribution in [2.75, 3.05) is 31.5 Å². The summed E-state index contributed by atoms with van der Waals surface area (Å²) in [5.74, 6) is 0.0508. The molecule has 3 rings (SSSR count). The number of amides is 3. The summed E-state index contributed by atoms with van der Waals surface area (Å²) in [7, 11) is 0. The van der Waals surface area contributed by atoms with Gasteiger partial charge in [-0.1, -0.05) is 30.3 Å². The fraction of sp³-hybridized carbons (Fsp3) is 0.364. The van der Waals surface area contributed by atoms with E-state index in [4.69, 9.17) is 5.73 Å². The minimum Gasteiger partial charge on any atom is -0.366 e. The van der Waals surface area contributed by atoms with Gasteiger partial charge >= 0.3 is 6.03 Å². The Balaban J connectivity index is 1.46. The number of carbonyl (C=O) groups is 2. The van der Waals surface area contributed by atoms with E-state index in [2.05, 4.69) is 46.7 Å². The number of nitrogens with two attached hydrogens (primary N) is 1. The second-order valence-electron chi connectivity index (χ2n) is 7.42. The third-order valence-electron chi connectivity index (χ3n) is 5.38. The average molecular weight is 380 g/mol. The van der Waals surface area contributed by atoms with Gasteiger partial charge in [-0.15, -0.1) is 0 Å². The molecule has 1 atom stereocenters. The molecule has 0 saturated carbocycles. The van der Waals surface area contributed by atoms with Gasteiger partial charge in [0.25, 0.3) is 0 Å². The highest BCUT2D eigenvalue weighted by Gasteiger charge is 2.24. The van der Waals surface area contributed by atoms with Crippen LogP contribution in [0.1, 0.15) is 39.4 Å². The first-order chi connectivity index (χ1) is 13.4. The van der Waals surface area contributed by atoms with E-state index < -0.39 is 5.91 Å². The zero-order valence-corrected chi connectivity index (χ0v) is 16.5. The molecule has 1 fully saturated rings. The molecule has 1 aliphatic heterocycles. The maximum Gasteiger partial charge on any atom is 0.319 e. The topological polar surface area (TPSA) is 87.5 Å². The van der Waals surface area contributed by atoms with Crippen LogP contribution in [-0.4, -0.2) is 43.0 Å². The van der Waals surface area contributed by atoms with Crippen LogP contribution in [-0.2, 0) is 0 Å². The number of aryl methyl sites for hydroxylation is 2. The zero-order valence-electron chi connectivity index (χ0n) is 16.5. The van der Waals surface area contributed by atoms with Crippen LogP contribution in [0.25, 0.3) is 0 Å². The Morgan fingerprint density at radius 3 is 2.68 bits per heavy atom. The van der Waals surface area contributed by atoms with Crippen LogP contribution in [0, 0.1) is 13.8 Å². The van der Waals surface area contributed by atoms with Crippen molar-refractivity contribution in [1.82, 2.24) is 10.2 Å². The number of anilines is 1. The molecule has 148 valence electrons. The number of nitrogens with one attached hydrogen (secondary N) is 2. The summed E-state index contributed by atoms with van der Waals surface area (Å²) in [5.41, 5.74) is 9.93. The second kappa shape index (κ2) is 8.89. The summed E-state index contributed by atoms with van der Waals surface area (Å²) >= 11 is 0. The molecule has 1 unspecified atom stereocenters. The van der Waals surface area contributed by atoms with E-state index >= 15 is 0 Å². The minimum absolute atomic E-state index is 0.278. The van der Waals surface area contributed by atoms with Gasteiger partial charge < -0.3 is 21.3 Å². The van der Waals surface area contributed by atoms with Crippen molar-refractivity contribution in [3.05, 3.63) is 64.7 Å². The Kier molecular flexibility index (Phi) is 6.31. The molecule has 0 radical (unpaired) electrons. The molecule has 0 bridgehead atoms. The maximum absolute atomic E-state index is 12.2. The van der Waals surface area contributed by atoms with E-state index in [1.54, 1.807) is 18.2 Å². The van der Waals surface area contributed by atoms with E-state index in [1.165, 1.54) is 11.1 Å². The molecule has 6 nitrogen and oxygen atoms in total. The molecule has 1 aliphatic rings. The average Bonchev–Trinajstić information content (AvgIpc) is 3.12. The van der Waals surface area contributed by atoms with Crippen molar-refractivity contribution in [3.63, 3.8) is 0 Å². The van der Waals surface area contributed by atoms with Gasteiger partial charge in [0, 0.05) is 30.9 Å². The maximum atomic E-state index is 12.2. The number of benzene rings is 2. The molecule has 4 N–H and O–H groups in total. The smallest absolute Gasteiger partial charge is 0.319 e. The molecular weight excluding hydrogens is 352 g/mol. The predicted molar refractivity (Wildman–Crippen MR) is 112 cm³/mol. The third kappa shape index (κ3) is 4.89. The normalized spacial score (nSPS) is 16.7. The summed E-state index contributed by atoms with van der Waals surface area (Å²) < 4.78 is 0. The standard InChI is InChI=1S/C22H28N4O2/c1-15-5-3-4-6-19(15)18-9-11-26(14-18)12-10-24-22(28)25-20-13-17(21(23)27)8-7-16(20)2/h3-8,13,18H,9-12,14H2,1-2H3,(H2,23,27)(H2,24,25,28). The van der Waals surface area contributed by atoms with Crippen LogP contribution in [0.5, 0.6) is 0 Å². The number of likely N-dealkylation sites (tertiary alicyclic amines) is 1. The van der Waals surface area contributed by atoms with Gasteiger partial charge in [-0.05, 0) is 61.6 Å². The number of hydrogen-bond donors (Lipinski definition) is 3. The lowest BCUT2D eigenvalue weighted by atomic mass is 9.94. The summed E-state index contributed by atoms with van der Waals surface area (Å²) in [6.45, 7) is 7.49. The quantitative estimate of drug-likeness (QED) is 0.720. The van der Waals surface area contributed by atoms with Gasteiger partial charge in [0.1, 0.15) is 0 Å². The van der Waals surface area contributed by atoms with Crippen LogP contribution in [0.4, 0.5) is 10.5 Å². The Morgan fingerprint density at radius 1 is 1.14 bits per heavy atom. The molecule has 1 saturated heterocycles. The van der Waals surface area contributed by atoms with E-state index in [9.17, 15) is 9.59 Å². The molecular formula is C22H28N4O2. The Morgan fingerprint density at radius 2 is 1.93 bits per heavy atom.